The Morgan fingerprint density at radius 3 is 2.51 bits per heavy atom. The lowest BCUT2D eigenvalue weighted by molar-refractivity contribution is -0.117. The Kier molecular flexibility index (Phi) is 9.83. The molecule has 3 aromatic rings. The number of nitrogens with zero attached hydrogens (tertiary/aromatic N) is 1. The molecular weight excluding hydrogens is 636 g/mol. The lowest BCUT2D eigenvalue weighted by Gasteiger charge is -2.60. The van der Waals surface area contributed by atoms with E-state index in [1.165, 1.54) is 24.7 Å². The molecule has 4 bridgehead atoms. The number of fused-ring (bicyclic) bond motifs is 10. The van der Waals surface area contributed by atoms with Crippen LogP contribution in [0.4, 0.5) is 10.5 Å². The van der Waals surface area contributed by atoms with E-state index >= 15 is 0 Å². The molecule has 0 unspecified atom stereocenters. The number of ketones is 1. The number of furan rings is 1. The molecule has 4 fully saturated rings. The molecule has 7 nitrogen and oxygen atoms in total. The van der Waals surface area contributed by atoms with Crippen LogP contribution in [0.15, 0.2) is 83.0 Å². The summed E-state index contributed by atoms with van der Waals surface area (Å²) in [5.41, 5.74) is 2.79. The van der Waals surface area contributed by atoms with E-state index in [-0.39, 0.29) is 35.5 Å². The van der Waals surface area contributed by atoms with Gasteiger partial charge in [-0.05, 0) is 142 Å². The van der Waals surface area contributed by atoms with Gasteiger partial charge in [0.15, 0.2) is 5.76 Å². The zero-order valence-electron chi connectivity index (χ0n) is 30.9. The molecule has 1 heterocycles. The molecule has 6 aliphatic carbocycles. The molecule has 0 aliphatic heterocycles. The zero-order chi connectivity index (χ0) is 36.0. The van der Waals surface area contributed by atoms with E-state index in [9.17, 15) is 19.8 Å². The highest BCUT2D eigenvalue weighted by atomic mass is 16.3. The standard InChI is InChI=1S/C44H56N2O5/c1-29-10-8-21-43(4)37(35-19-15-30(24-34(47)18-14-29)25-36(35)40(48)39-13-9-23-51-39)20-22-44(43,50)28-46(41(49)45-33-11-6-5-7-12-33)27-31-16-17-32-26-38(31)42(32,2)3/h5-7,9-13,15,19,23,25,31-32,34,37-38,47,50H,8,14,16-18,20-22,24,26-28H2,1-4H3,(H,45,49)/t31-,32-,34-,37-,38-,43-,44+/m0/s1. The van der Waals surface area contributed by atoms with Gasteiger partial charge >= 0.3 is 6.03 Å². The van der Waals surface area contributed by atoms with Crippen molar-refractivity contribution in [2.45, 2.75) is 110 Å². The maximum atomic E-state index is 14.3. The van der Waals surface area contributed by atoms with Gasteiger partial charge in [0.2, 0.25) is 5.78 Å². The largest absolute Gasteiger partial charge is 0.461 e. The Bertz CT molecular complexity index is 1750. The number of carbonyl (C=O) groups excluding carboxylic acids is 2. The van der Waals surface area contributed by atoms with Crippen molar-refractivity contribution in [2.75, 3.05) is 18.4 Å². The van der Waals surface area contributed by atoms with Gasteiger partial charge in [-0.25, -0.2) is 4.79 Å². The number of nitrogens with one attached hydrogen (secondary N) is 1. The smallest absolute Gasteiger partial charge is 0.321 e. The molecule has 7 heteroatoms. The highest BCUT2D eigenvalue weighted by Gasteiger charge is 2.59. The molecular formula is C44H56N2O5. The first-order valence-corrected chi connectivity index (χ1v) is 19.3. The van der Waals surface area contributed by atoms with E-state index in [1.807, 2.05) is 47.4 Å². The SMILES string of the molecule is CC1=CCC[C@@]2(C)[C@@H](CC[C@@]2(O)CN(C[C@@H]2CC[C@H]3C[C@@H]2C3(C)C)C(=O)Nc2ccccc2)c2ccc(cc2C(=O)c2ccco2)C[C@@H](O)CC1. The number of amides is 2. The number of anilines is 1. The fourth-order valence-electron chi connectivity index (χ4n) is 10.5. The van der Waals surface area contributed by atoms with Crippen molar-refractivity contribution in [1.29, 1.82) is 0 Å². The Balaban J connectivity index is 1.26. The number of hydrogen-bond acceptors (Lipinski definition) is 5. The van der Waals surface area contributed by atoms with Gasteiger partial charge in [-0.3, -0.25) is 4.79 Å². The lowest BCUT2D eigenvalue weighted by Crippen LogP contribution is -2.58. The third kappa shape index (κ3) is 6.84. The number of hydrogen-bond donors (Lipinski definition) is 3. The average Bonchev–Trinajstić information content (AvgIpc) is 3.74. The number of aliphatic hydroxyl groups is 2. The fraction of sp³-hybridized carbons (Fsp3) is 0.545. The van der Waals surface area contributed by atoms with E-state index in [4.69, 9.17) is 4.42 Å². The van der Waals surface area contributed by atoms with E-state index in [2.05, 4.69) is 45.2 Å². The molecule has 0 radical (unpaired) electrons. The molecule has 0 spiro atoms. The van der Waals surface area contributed by atoms with E-state index < -0.39 is 17.1 Å². The van der Waals surface area contributed by atoms with Crippen molar-refractivity contribution in [3.8, 4) is 0 Å². The van der Waals surface area contributed by atoms with Gasteiger partial charge in [0, 0.05) is 23.2 Å². The van der Waals surface area contributed by atoms with Crippen LogP contribution < -0.4 is 5.32 Å². The van der Waals surface area contributed by atoms with Gasteiger partial charge in [0.25, 0.3) is 0 Å². The predicted molar refractivity (Wildman–Crippen MR) is 201 cm³/mol. The number of carbonyl (C=O) groups is 2. The molecule has 3 N–H and O–H groups in total. The first kappa shape index (κ1) is 35.7. The summed E-state index contributed by atoms with van der Waals surface area (Å²) in [6.07, 6.45) is 11.3. The van der Waals surface area contributed by atoms with Crippen LogP contribution in [0.1, 0.15) is 119 Å². The summed E-state index contributed by atoms with van der Waals surface area (Å²) in [7, 11) is 0. The van der Waals surface area contributed by atoms with Gasteiger partial charge in [-0.1, -0.05) is 62.8 Å². The van der Waals surface area contributed by atoms with Crippen molar-refractivity contribution in [2.24, 2.45) is 28.6 Å². The summed E-state index contributed by atoms with van der Waals surface area (Å²) in [5, 5.41) is 27.2. The van der Waals surface area contributed by atoms with Crippen LogP contribution >= 0.6 is 0 Å². The van der Waals surface area contributed by atoms with Crippen LogP contribution in [-0.4, -0.2) is 51.7 Å². The minimum absolute atomic E-state index is 0.132. The van der Waals surface area contributed by atoms with Gasteiger partial charge in [-0.15, -0.1) is 0 Å². The molecule has 51 heavy (non-hydrogen) atoms. The fourth-order valence-corrected chi connectivity index (χ4v) is 10.5. The van der Waals surface area contributed by atoms with Crippen molar-refractivity contribution in [3.63, 3.8) is 0 Å². The summed E-state index contributed by atoms with van der Waals surface area (Å²) >= 11 is 0. The van der Waals surface area contributed by atoms with E-state index in [1.54, 1.807) is 12.1 Å². The monoisotopic (exact) mass is 692 g/mol. The average molecular weight is 693 g/mol. The lowest BCUT2D eigenvalue weighted by atomic mass is 9.45. The van der Waals surface area contributed by atoms with Crippen LogP contribution in [0.5, 0.6) is 0 Å². The molecule has 6 aliphatic rings. The Hall–Kier alpha value is -3.68. The van der Waals surface area contributed by atoms with E-state index in [0.717, 1.165) is 42.0 Å². The maximum absolute atomic E-state index is 14.3. The summed E-state index contributed by atoms with van der Waals surface area (Å²) in [6.45, 7) is 9.92. The molecule has 2 aromatic carbocycles. The number of allylic oxidation sites excluding steroid dienone is 2. The van der Waals surface area contributed by atoms with Crippen LogP contribution in [0.2, 0.25) is 0 Å². The van der Waals surface area contributed by atoms with Crippen LogP contribution in [0.25, 0.3) is 0 Å². The van der Waals surface area contributed by atoms with Gasteiger partial charge in [-0.2, -0.15) is 0 Å². The van der Waals surface area contributed by atoms with Crippen LogP contribution in [0.3, 0.4) is 0 Å². The first-order valence-electron chi connectivity index (χ1n) is 19.3. The predicted octanol–water partition coefficient (Wildman–Crippen LogP) is 9.16. The third-order valence-electron chi connectivity index (χ3n) is 13.9. The summed E-state index contributed by atoms with van der Waals surface area (Å²) in [5.74, 6) is 1.68. The first-order chi connectivity index (χ1) is 24.4. The highest BCUT2D eigenvalue weighted by molar-refractivity contribution is 6.08. The van der Waals surface area contributed by atoms with Crippen LogP contribution in [0, 0.1) is 28.6 Å². The summed E-state index contributed by atoms with van der Waals surface area (Å²) in [4.78, 5) is 30.3. The highest BCUT2D eigenvalue weighted by Crippen LogP contribution is 2.62. The molecule has 272 valence electrons. The maximum Gasteiger partial charge on any atom is 0.321 e. The Morgan fingerprint density at radius 1 is 0.980 bits per heavy atom. The number of aliphatic hydroxyl groups excluding tert-OH is 1. The van der Waals surface area contributed by atoms with Gasteiger partial charge < -0.3 is 24.8 Å². The van der Waals surface area contributed by atoms with Gasteiger partial charge in [0.05, 0.1) is 24.5 Å². The number of benzene rings is 2. The number of rotatable bonds is 7. The van der Waals surface area contributed by atoms with Crippen molar-refractivity contribution < 1.29 is 24.2 Å². The van der Waals surface area contributed by atoms with Crippen molar-refractivity contribution in [3.05, 3.63) is 101 Å². The normalized spacial score (nSPS) is 31.5. The second kappa shape index (κ2) is 14.0. The number of para-hydroxylation sites is 1. The zero-order valence-corrected chi connectivity index (χ0v) is 30.9. The molecule has 1 aromatic heterocycles. The van der Waals surface area contributed by atoms with E-state index in [0.29, 0.717) is 56.0 Å². The molecule has 0 saturated heterocycles. The summed E-state index contributed by atoms with van der Waals surface area (Å²) in [6, 6.07) is 18.9. The molecule has 2 amide bonds. The second-order valence-corrected chi connectivity index (χ2v) is 17.1. The number of urea groups is 1. The Labute approximate surface area is 303 Å². The Morgan fingerprint density at radius 2 is 1.78 bits per heavy atom. The quantitative estimate of drug-likeness (QED) is 0.169. The summed E-state index contributed by atoms with van der Waals surface area (Å²) < 4.78 is 5.61. The minimum Gasteiger partial charge on any atom is -0.461 e. The van der Waals surface area contributed by atoms with Crippen molar-refractivity contribution >= 4 is 17.5 Å². The third-order valence-corrected chi connectivity index (χ3v) is 13.9. The van der Waals surface area contributed by atoms with Crippen LogP contribution in [-0.2, 0) is 6.42 Å². The van der Waals surface area contributed by atoms with Gasteiger partial charge in [0.1, 0.15) is 0 Å². The molecule has 7 atom stereocenters. The van der Waals surface area contributed by atoms with Crippen molar-refractivity contribution in [1.82, 2.24) is 4.90 Å². The molecule has 4 saturated carbocycles. The molecule has 9 rings (SSSR count). The topological polar surface area (TPSA) is 103 Å². The second-order valence-electron chi connectivity index (χ2n) is 17.1. The minimum atomic E-state index is -1.20.